The molecule has 0 amide bonds. The Morgan fingerprint density at radius 2 is 1.53 bits per heavy atom. The van der Waals surface area contributed by atoms with Crippen LogP contribution in [0.5, 0.6) is 0 Å². The monoisotopic (exact) mass is 447 g/mol. The maximum absolute atomic E-state index is 5.03. The number of aromatic nitrogens is 2. The Bertz CT molecular complexity index is 1260. The Labute approximate surface area is 203 Å². The standard InChI is InChI=1S/C31H33N3/c1-5-25-16-18-26(19-17-25)21-32-22-28(23(2)3)20-30-24(4)34(29-14-10-7-11-15-29)33-31(30)27-12-8-6-9-13-27/h6-20,32H,2,5,21-22H2,1,3-4H3/b28-20-. The molecule has 1 aromatic heterocycles. The van der Waals surface area contributed by atoms with Crippen molar-refractivity contribution < 1.29 is 0 Å². The molecule has 4 rings (SSSR count). The van der Waals surface area contributed by atoms with Crippen LogP contribution in [0.15, 0.2) is 103 Å². The largest absolute Gasteiger partial charge is 0.309 e. The van der Waals surface area contributed by atoms with E-state index in [1.807, 2.05) is 28.9 Å². The van der Waals surface area contributed by atoms with Crippen LogP contribution in [-0.4, -0.2) is 16.3 Å². The summed E-state index contributed by atoms with van der Waals surface area (Å²) in [4.78, 5) is 0. The van der Waals surface area contributed by atoms with E-state index in [0.717, 1.165) is 53.3 Å². The molecule has 0 bridgehead atoms. The van der Waals surface area contributed by atoms with E-state index in [4.69, 9.17) is 5.10 Å². The average Bonchev–Trinajstić information content (AvgIpc) is 3.20. The second kappa shape index (κ2) is 11.0. The molecule has 0 aliphatic rings. The molecule has 0 aliphatic heterocycles. The van der Waals surface area contributed by atoms with Crippen LogP contribution in [-0.2, 0) is 13.0 Å². The van der Waals surface area contributed by atoms with E-state index in [0.29, 0.717) is 0 Å². The number of rotatable bonds is 9. The lowest BCUT2D eigenvalue weighted by atomic mass is 10.0. The third kappa shape index (κ3) is 5.44. The minimum atomic E-state index is 0.745. The van der Waals surface area contributed by atoms with Gasteiger partial charge in [-0.1, -0.05) is 91.9 Å². The van der Waals surface area contributed by atoms with Crippen molar-refractivity contribution in [2.45, 2.75) is 33.7 Å². The molecular weight excluding hydrogens is 414 g/mol. The predicted molar refractivity (Wildman–Crippen MR) is 144 cm³/mol. The number of hydrogen-bond donors (Lipinski definition) is 1. The van der Waals surface area contributed by atoms with Crippen molar-refractivity contribution in [1.29, 1.82) is 0 Å². The van der Waals surface area contributed by atoms with Crippen LogP contribution in [0.1, 0.15) is 36.2 Å². The smallest absolute Gasteiger partial charge is 0.100 e. The molecule has 1 N–H and O–H groups in total. The van der Waals surface area contributed by atoms with E-state index < -0.39 is 0 Å². The summed E-state index contributed by atoms with van der Waals surface area (Å²) >= 11 is 0. The summed E-state index contributed by atoms with van der Waals surface area (Å²) in [6.45, 7) is 12.2. The first-order chi connectivity index (χ1) is 16.6. The summed E-state index contributed by atoms with van der Waals surface area (Å²) in [5, 5.41) is 8.63. The SMILES string of the molecule is C=C(C)/C(=C\c1c(-c2ccccc2)nn(-c2ccccc2)c1C)CNCc1ccc(CC)cc1. The van der Waals surface area contributed by atoms with Gasteiger partial charge < -0.3 is 5.32 Å². The van der Waals surface area contributed by atoms with Gasteiger partial charge in [-0.15, -0.1) is 0 Å². The Balaban J connectivity index is 1.66. The predicted octanol–water partition coefficient (Wildman–Crippen LogP) is 7.16. The Morgan fingerprint density at radius 1 is 0.912 bits per heavy atom. The highest BCUT2D eigenvalue weighted by Gasteiger charge is 2.16. The summed E-state index contributed by atoms with van der Waals surface area (Å²) in [6, 6.07) is 29.5. The Kier molecular flexibility index (Phi) is 7.56. The third-order valence-corrected chi connectivity index (χ3v) is 6.15. The van der Waals surface area contributed by atoms with Gasteiger partial charge in [0.2, 0.25) is 0 Å². The van der Waals surface area contributed by atoms with Crippen molar-refractivity contribution in [3.8, 4) is 16.9 Å². The highest BCUT2D eigenvalue weighted by Crippen LogP contribution is 2.30. The molecule has 0 radical (unpaired) electrons. The van der Waals surface area contributed by atoms with Crippen molar-refractivity contribution >= 4 is 6.08 Å². The van der Waals surface area contributed by atoms with Crippen molar-refractivity contribution in [3.63, 3.8) is 0 Å². The molecule has 0 spiro atoms. The number of nitrogens with one attached hydrogen (secondary N) is 1. The van der Waals surface area contributed by atoms with E-state index >= 15 is 0 Å². The number of para-hydroxylation sites is 1. The van der Waals surface area contributed by atoms with Gasteiger partial charge in [0.15, 0.2) is 0 Å². The van der Waals surface area contributed by atoms with E-state index in [1.165, 1.54) is 16.7 Å². The van der Waals surface area contributed by atoms with E-state index in [1.54, 1.807) is 0 Å². The minimum absolute atomic E-state index is 0.745. The molecule has 0 aliphatic carbocycles. The molecule has 0 saturated carbocycles. The molecule has 4 aromatic rings. The van der Waals surface area contributed by atoms with Gasteiger partial charge in [0.05, 0.1) is 5.69 Å². The molecular formula is C31H33N3. The number of nitrogens with zero attached hydrogens (tertiary/aromatic N) is 2. The summed E-state index contributed by atoms with van der Waals surface area (Å²) in [6.07, 6.45) is 3.32. The fraction of sp³-hybridized carbons (Fsp3) is 0.194. The molecule has 0 fully saturated rings. The van der Waals surface area contributed by atoms with Crippen LogP contribution in [0, 0.1) is 6.92 Å². The normalized spacial score (nSPS) is 11.6. The molecule has 0 atom stereocenters. The van der Waals surface area contributed by atoms with Gasteiger partial charge in [-0.2, -0.15) is 5.10 Å². The fourth-order valence-electron chi connectivity index (χ4n) is 4.05. The zero-order valence-electron chi connectivity index (χ0n) is 20.4. The molecule has 172 valence electrons. The lowest BCUT2D eigenvalue weighted by Crippen LogP contribution is -2.17. The molecule has 0 saturated heterocycles. The van der Waals surface area contributed by atoms with Gasteiger partial charge in [0.1, 0.15) is 5.69 Å². The second-order valence-corrected chi connectivity index (χ2v) is 8.68. The highest BCUT2D eigenvalue weighted by atomic mass is 15.3. The van der Waals surface area contributed by atoms with Crippen LogP contribution >= 0.6 is 0 Å². The van der Waals surface area contributed by atoms with E-state index in [9.17, 15) is 0 Å². The first kappa shape index (κ1) is 23.5. The molecule has 3 aromatic carbocycles. The van der Waals surface area contributed by atoms with Gasteiger partial charge in [-0.3, -0.25) is 0 Å². The van der Waals surface area contributed by atoms with Crippen LogP contribution in [0.3, 0.4) is 0 Å². The average molecular weight is 448 g/mol. The lowest BCUT2D eigenvalue weighted by molar-refractivity contribution is 0.744. The molecule has 3 heteroatoms. The van der Waals surface area contributed by atoms with Crippen LogP contribution in [0.2, 0.25) is 0 Å². The molecule has 1 heterocycles. The zero-order valence-corrected chi connectivity index (χ0v) is 20.4. The quantitative estimate of drug-likeness (QED) is 0.276. The Hall–Kier alpha value is -3.69. The number of hydrogen-bond acceptors (Lipinski definition) is 2. The third-order valence-electron chi connectivity index (χ3n) is 6.15. The van der Waals surface area contributed by atoms with Crippen molar-refractivity contribution in [1.82, 2.24) is 15.1 Å². The van der Waals surface area contributed by atoms with Crippen molar-refractivity contribution in [2.24, 2.45) is 0 Å². The summed E-state index contributed by atoms with van der Waals surface area (Å²) < 4.78 is 2.03. The molecule has 3 nitrogen and oxygen atoms in total. The minimum Gasteiger partial charge on any atom is -0.309 e. The molecule has 0 unspecified atom stereocenters. The van der Waals surface area contributed by atoms with Gasteiger partial charge in [0.25, 0.3) is 0 Å². The molecule has 34 heavy (non-hydrogen) atoms. The Morgan fingerprint density at radius 3 is 2.15 bits per heavy atom. The summed E-state index contributed by atoms with van der Waals surface area (Å²) in [7, 11) is 0. The second-order valence-electron chi connectivity index (χ2n) is 8.68. The maximum Gasteiger partial charge on any atom is 0.100 e. The first-order valence-corrected chi connectivity index (χ1v) is 11.9. The summed E-state index contributed by atoms with van der Waals surface area (Å²) in [5.74, 6) is 0. The van der Waals surface area contributed by atoms with Crippen LogP contribution < -0.4 is 5.32 Å². The highest BCUT2D eigenvalue weighted by molar-refractivity contribution is 5.76. The van der Waals surface area contributed by atoms with E-state index in [2.05, 4.69) is 99.4 Å². The van der Waals surface area contributed by atoms with Crippen molar-refractivity contribution in [3.05, 3.63) is 125 Å². The van der Waals surface area contributed by atoms with Crippen molar-refractivity contribution in [2.75, 3.05) is 6.54 Å². The van der Waals surface area contributed by atoms with Crippen LogP contribution in [0.4, 0.5) is 0 Å². The fourth-order valence-corrected chi connectivity index (χ4v) is 4.05. The van der Waals surface area contributed by atoms with Gasteiger partial charge >= 0.3 is 0 Å². The van der Waals surface area contributed by atoms with Crippen LogP contribution in [0.25, 0.3) is 23.0 Å². The van der Waals surface area contributed by atoms with Gasteiger partial charge in [0, 0.05) is 29.9 Å². The summed E-state index contributed by atoms with van der Waals surface area (Å²) in [5.41, 5.74) is 10.3. The number of aryl methyl sites for hydroxylation is 1. The topological polar surface area (TPSA) is 29.9 Å². The maximum atomic E-state index is 5.03. The van der Waals surface area contributed by atoms with Gasteiger partial charge in [-0.25, -0.2) is 4.68 Å². The van der Waals surface area contributed by atoms with Gasteiger partial charge in [-0.05, 0) is 55.2 Å². The zero-order chi connectivity index (χ0) is 23.9. The first-order valence-electron chi connectivity index (χ1n) is 11.9. The number of benzene rings is 3. The van der Waals surface area contributed by atoms with E-state index in [-0.39, 0.29) is 0 Å². The lowest BCUT2D eigenvalue weighted by Gasteiger charge is -2.11.